The van der Waals surface area contributed by atoms with Crippen molar-refractivity contribution in [1.29, 1.82) is 0 Å². The zero-order valence-corrected chi connectivity index (χ0v) is 10.6. The second-order valence-electron chi connectivity index (χ2n) is 3.75. The van der Waals surface area contributed by atoms with Crippen LogP contribution in [0.3, 0.4) is 0 Å². The van der Waals surface area contributed by atoms with Crippen molar-refractivity contribution in [3.05, 3.63) is 49.1 Å². The van der Waals surface area contributed by atoms with Crippen LogP contribution in [-0.4, -0.2) is 31.0 Å². The number of ether oxygens (including phenoxy) is 1. The molecular formula is C14H18N2O2. The molecular weight excluding hydrogens is 228 g/mol. The average Bonchev–Trinajstić information content (AvgIpc) is 2.37. The van der Waals surface area contributed by atoms with Gasteiger partial charge in [-0.15, -0.1) is 13.2 Å². The second kappa shape index (κ2) is 6.49. The zero-order chi connectivity index (χ0) is 13.5. The Balaban J connectivity index is 3.09. The summed E-state index contributed by atoms with van der Waals surface area (Å²) in [6.45, 7) is 8.16. The largest absolute Gasteiger partial charge is 0.496 e. The number of nitrogens with zero attached hydrogens (tertiary/aromatic N) is 1. The topological polar surface area (TPSA) is 55.6 Å². The number of carbonyl (C=O) groups excluding carboxylic acids is 1. The molecule has 96 valence electrons. The smallest absolute Gasteiger partial charge is 0.258 e. The summed E-state index contributed by atoms with van der Waals surface area (Å²) in [5, 5.41) is 0. The van der Waals surface area contributed by atoms with Crippen molar-refractivity contribution in [2.45, 2.75) is 0 Å². The van der Waals surface area contributed by atoms with Crippen molar-refractivity contribution in [2.75, 3.05) is 25.9 Å². The molecule has 4 heteroatoms. The molecule has 4 nitrogen and oxygen atoms in total. The number of anilines is 1. The van der Waals surface area contributed by atoms with E-state index in [0.717, 1.165) is 0 Å². The van der Waals surface area contributed by atoms with Crippen LogP contribution >= 0.6 is 0 Å². The highest BCUT2D eigenvalue weighted by atomic mass is 16.5. The lowest BCUT2D eigenvalue weighted by Crippen LogP contribution is -2.31. The van der Waals surface area contributed by atoms with Gasteiger partial charge in [0.05, 0.1) is 12.7 Å². The van der Waals surface area contributed by atoms with Crippen LogP contribution in [0.4, 0.5) is 5.69 Å². The quantitative estimate of drug-likeness (QED) is 0.617. The number of amides is 1. The van der Waals surface area contributed by atoms with Crippen molar-refractivity contribution in [3.8, 4) is 5.75 Å². The van der Waals surface area contributed by atoms with Gasteiger partial charge in [-0.05, 0) is 18.2 Å². The van der Waals surface area contributed by atoms with Gasteiger partial charge >= 0.3 is 0 Å². The molecule has 0 aromatic heterocycles. The SMILES string of the molecule is C=CCN(CC=C)C(=O)c1cc(N)ccc1OC. The summed E-state index contributed by atoms with van der Waals surface area (Å²) in [6.07, 6.45) is 3.33. The van der Waals surface area contributed by atoms with E-state index in [1.165, 1.54) is 7.11 Å². The number of carbonyl (C=O) groups is 1. The first-order valence-corrected chi connectivity index (χ1v) is 5.58. The molecule has 0 saturated carbocycles. The molecule has 0 aliphatic heterocycles. The molecule has 0 bridgehead atoms. The van der Waals surface area contributed by atoms with E-state index >= 15 is 0 Å². The Kier molecular flexibility index (Phi) is 4.99. The fourth-order valence-electron chi connectivity index (χ4n) is 1.62. The minimum absolute atomic E-state index is 0.154. The molecule has 0 heterocycles. The van der Waals surface area contributed by atoms with Gasteiger partial charge in [0.15, 0.2) is 0 Å². The summed E-state index contributed by atoms with van der Waals surface area (Å²) in [5.74, 6) is 0.353. The summed E-state index contributed by atoms with van der Waals surface area (Å²) in [5.41, 5.74) is 6.67. The molecule has 1 rings (SSSR count). The number of rotatable bonds is 6. The normalized spacial score (nSPS) is 9.61. The van der Waals surface area contributed by atoms with Crippen molar-refractivity contribution < 1.29 is 9.53 Å². The first-order chi connectivity index (χ1) is 8.63. The average molecular weight is 246 g/mol. The van der Waals surface area contributed by atoms with Crippen LogP contribution in [0.25, 0.3) is 0 Å². The van der Waals surface area contributed by atoms with Gasteiger partial charge in [0.1, 0.15) is 5.75 Å². The third-order valence-electron chi connectivity index (χ3n) is 2.44. The van der Waals surface area contributed by atoms with Crippen molar-refractivity contribution in [1.82, 2.24) is 4.90 Å². The summed E-state index contributed by atoms with van der Waals surface area (Å²) in [6, 6.07) is 4.99. The van der Waals surface area contributed by atoms with Crippen LogP contribution in [0, 0.1) is 0 Å². The van der Waals surface area contributed by atoms with Gasteiger partial charge in [-0.3, -0.25) is 4.79 Å². The predicted molar refractivity (Wildman–Crippen MR) is 73.7 cm³/mol. The maximum absolute atomic E-state index is 12.4. The van der Waals surface area contributed by atoms with Crippen LogP contribution < -0.4 is 10.5 Å². The minimum Gasteiger partial charge on any atom is -0.496 e. The predicted octanol–water partition coefficient (Wildman–Crippen LogP) is 2.09. The van der Waals surface area contributed by atoms with Gasteiger partial charge in [0.25, 0.3) is 5.91 Å². The lowest BCUT2D eigenvalue weighted by atomic mass is 10.1. The number of benzene rings is 1. The van der Waals surface area contributed by atoms with E-state index in [-0.39, 0.29) is 5.91 Å². The van der Waals surface area contributed by atoms with E-state index in [2.05, 4.69) is 13.2 Å². The highest BCUT2D eigenvalue weighted by molar-refractivity contribution is 5.98. The molecule has 0 unspecified atom stereocenters. The lowest BCUT2D eigenvalue weighted by Gasteiger charge is -2.20. The van der Waals surface area contributed by atoms with Gasteiger partial charge in [-0.25, -0.2) is 0 Å². The number of hydrogen-bond donors (Lipinski definition) is 1. The molecule has 1 aromatic rings. The molecule has 18 heavy (non-hydrogen) atoms. The monoisotopic (exact) mass is 246 g/mol. The first kappa shape index (κ1) is 13.8. The van der Waals surface area contributed by atoms with E-state index in [4.69, 9.17) is 10.5 Å². The molecule has 1 aromatic carbocycles. The van der Waals surface area contributed by atoms with Crippen molar-refractivity contribution >= 4 is 11.6 Å². The van der Waals surface area contributed by atoms with Gasteiger partial charge in [0.2, 0.25) is 0 Å². The fraction of sp³-hybridized carbons (Fsp3) is 0.214. The van der Waals surface area contributed by atoms with E-state index in [1.54, 1.807) is 35.3 Å². The molecule has 0 spiro atoms. The summed E-state index contributed by atoms with van der Waals surface area (Å²) in [7, 11) is 1.52. The Morgan fingerprint density at radius 2 is 2.00 bits per heavy atom. The molecule has 1 amide bonds. The molecule has 0 fully saturated rings. The summed E-state index contributed by atoms with van der Waals surface area (Å²) < 4.78 is 5.17. The Hall–Kier alpha value is -2.23. The minimum atomic E-state index is -0.154. The van der Waals surface area contributed by atoms with Crippen LogP contribution in [0.15, 0.2) is 43.5 Å². The summed E-state index contributed by atoms with van der Waals surface area (Å²) in [4.78, 5) is 14.0. The number of methoxy groups -OCH3 is 1. The van der Waals surface area contributed by atoms with Crippen molar-refractivity contribution in [3.63, 3.8) is 0 Å². The van der Waals surface area contributed by atoms with E-state index in [9.17, 15) is 4.79 Å². The maximum atomic E-state index is 12.4. The van der Waals surface area contributed by atoms with Crippen LogP contribution in [-0.2, 0) is 0 Å². The number of nitrogens with two attached hydrogens (primary N) is 1. The Bertz CT molecular complexity index is 445. The maximum Gasteiger partial charge on any atom is 0.258 e. The number of nitrogen functional groups attached to an aromatic ring is 1. The van der Waals surface area contributed by atoms with E-state index in [0.29, 0.717) is 30.1 Å². The van der Waals surface area contributed by atoms with Gasteiger partial charge < -0.3 is 15.4 Å². The molecule has 0 aliphatic carbocycles. The Morgan fingerprint density at radius 3 is 2.50 bits per heavy atom. The Morgan fingerprint density at radius 1 is 1.39 bits per heavy atom. The molecule has 0 saturated heterocycles. The third-order valence-corrected chi connectivity index (χ3v) is 2.44. The van der Waals surface area contributed by atoms with Crippen LogP contribution in [0.5, 0.6) is 5.75 Å². The van der Waals surface area contributed by atoms with E-state index < -0.39 is 0 Å². The summed E-state index contributed by atoms with van der Waals surface area (Å²) >= 11 is 0. The van der Waals surface area contributed by atoms with Crippen LogP contribution in [0.2, 0.25) is 0 Å². The van der Waals surface area contributed by atoms with Gasteiger partial charge in [-0.1, -0.05) is 12.2 Å². The standard InChI is InChI=1S/C14H18N2O2/c1-4-8-16(9-5-2)14(17)12-10-11(15)6-7-13(12)18-3/h4-7,10H,1-2,8-9,15H2,3H3. The fourth-order valence-corrected chi connectivity index (χ4v) is 1.62. The third kappa shape index (κ3) is 3.13. The lowest BCUT2D eigenvalue weighted by molar-refractivity contribution is 0.0787. The molecule has 0 radical (unpaired) electrons. The Labute approximate surface area is 107 Å². The highest BCUT2D eigenvalue weighted by Gasteiger charge is 2.18. The number of hydrogen-bond acceptors (Lipinski definition) is 3. The second-order valence-corrected chi connectivity index (χ2v) is 3.75. The molecule has 0 atom stereocenters. The van der Waals surface area contributed by atoms with Gasteiger partial charge in [-0.2, -0.15) is 0 Å². The van der Waals surface area contributed by atoms with Crippen molar-refractivity contribution in [2.24, 2.45) is 0 Å². The van der Waals surface area contributed by atoms with E-state index in [1.807, 2.05) is 0 Å². The molecule has 0 aliphatic rings. The zero-order valence-electron chi connectivity index (χ0n) is 10.6. The molecule has 2 N–H and O–H groups in total. The van der Waals surface area contributed by atoms with Gasteiger partial charge in [0, 0.05) is 18.8 Å². The van der Waals surface area contributed by atoms with Crippen LogP contribution in [0.1, 0.15) is 10.4 Å². The highest BCUT2D eigenvalue weighted by Crippen LogP contribution is 2.22. The first-order valence-electron chi connectivity index (χ1n) is 5.58.